The lowest BCUT2D eigenvalue weighted by molar-refractivity contribution is 0.559. The number of para-hydroxylation sites is 1. The fraction of sp³-hybridized carbons (Fsp3) is 0.429. The summed E-state index contributed by atoms with van der Waals surface area (Å²) in [5, 5.41) is 4.69. The summed E-state index contributed by atoms with van der Waals surface area (Å²) in [7, 11) is 0. The highest BCUT2D eigenvalue weighted by atomic mass is 16.3. The molecule has 1 N–H and O–H groups in total. The Morgan fingerprint density at radius 3 is 2.75 bits per heavy atom. The lowest BCUT2D eigenvalue weighted by atomic mass is 10.1. The van der Waals surface area contributed by atoms with Crippen molar-refractivity contribution >= 4 is 11.0 Å². The van der Waals surface area contributed by atoms with Crippen LogP contribution in [0.3, 0.4) is 0 Å². The number of hydrogen-bond acceptors (Lipinski definition) is 2. The number of fused-ring (bicyclic) bond motifs is 1. The molecule has 1 heterocycles. The largest absolute Gasteiger partial charge is 0.461 e. The highest BCUT2D eigenvalue weighted by molar-refractivity contribution is 5.82. The molecule has 0 aliphatic rings. The summed E-state index contributed by atoms with van der Waals surface area (Å²) >= 11 is 0. The maximum Gasteiger partial charge on any atom is 0.134 e. The molecule has 0 amide bonds. The zero-order valence-corrected chi connectivity index (χ0v) is 10.2. The first-order valence-electron chi connectivity index (χ1n) is 5.89. The Bertz CT molecular complexity index is 471. The van der Waals surface area contributed by atoms with E-state index < -0.39 is 0 Å². The Labute approximate surface area is 96.6 Å². The van der Waals surface area contributed by atoms with Crippen molar-refractivity contribution in [1.82, 2.24) is 5.32 Å². The SMILES string of the molecule is Cc1oc2ccccc2c1CCNC(C)C. The molecule has 1 aromatic heterocycles. The molecule has 2 rings (SSSR count). The molecule has 0 aliphatic carbocycles. The second-order valence-electron chi connectivity index (χ2n) is 4.49. The van der Waals surface area contributed by atoms with Gasteiger partial charge >= 0.3 is 0 Å². The van der Waals surface area contributed by atoms with Crippen LogP contribution in [0, 0.1) is 6.92 Å². The van der Waals surface area contributed by atoms with E-state index in [0.29, 0.717) is 6.04 Å². The molecule has 0 saturated carbocycles. The summed E-state index contributed by atoms with van der Waals surface area (Å²) in [6.07, 6.45) is 1.03. The molecular formula is C14H19NO. The van der Waals surface area contributed by atoms with Crippen molar-refractivity contribution in [1.29, 1.82) is 0 Å². The van der Waals surface area contributed by atoms with E-state index >= 15 is 0 Å². The first-order valence-corrected chi connectivity index (χ1v) is 5.89. The summed E-state index contributed by atoms with van der Waals surface area (Å²) in [6, 6.07) is 8.79. The highest BCUT2D eigenvalue weighted by Gasteiger charge is 2.09. The van der Waals surface area contributed by atoms with Crippen LogP contribution < -0.4 is 5.32 Å². The third kappa shape index (κ3) is 2.27. The van der Waals surface area contributed by atoms with Gasteiger partial charge in [-0.3, -0.25) is 0 Å². The van der Waals surface area contributed by atoms with Gasteiger partial charge in [0.2, 0.25) is 0 Å². The van der Waals surface area contributed by atoms with E-state index in [2.05, 4.69) is 31.3 Å². The molecule has 0 unspecified atom stereocenters. The van der Waals surface area contributed by atoms with Crippen molar-refractivity contribution in [2.45, 2.75) is 33.2 Å². The zero-order valence-electron chi connectivity index (χ0n) is 10.2. The van der Waals surface area contributed by atoms with Crippen molar-refractivity contribution in [3.8, 4) is 0 Å². The van der Waals surface area contributed by atoms with E-state index in [4.69, 9.17) is 4.42 Å². The number of rotatable bonds is 4. The summed E-state index contributed by atoms with van der Waals surface area (Å²) in [6.45, 7) is 7.38. The summed E-state index contributed by atoms with van der Waals surface area (Å²) in [5.74, 6) is 1.05. The van der Waals surface area contributed by atoms with Crippen LogP contribution in [-0.2, 0) is 6.42 Å². The average molecular weight is 217 g/mol. The topological polar surface area (TPSA) is 25.2 Å². The Hall–Kier alpha value is -1.28. The van der Waals surface area contributed by atoms with Gasteiger partial charge in [0.15, 0.2) is 0 Å². The predicted octanol–water partition coefficient (Wildman–Crippen LogP) is 3.28. The van der Waals surface area contributed by atoms with Gasteiger partial charge in [-0.25, -0.2) is 0 Å². The van der Waals surface area contributed by atoms with Crippen LogP contribution in [0.25, 0.3) is 11.0 Å². The van der Waals surface area contributed by atoms with Gasteiger partial charge in [-0.15, -0.1) is 0 Å². The molecule has 0 atom stereocenters. The van der Waals surface area contributed by atoms with Crippen molar-refractivity contribution in [2.24, 2.45) is 0 Å². The molecule has 0 bridgehead atoms. The molecule has 2 heteroatoms. The molecule has 0 saturated heterocycles. The first kappa shape index (κ1) is 11.2. The molecular weight excluding hydrogens is 198 g/mol. The minimum absolute atomic E-state index is 0.540. The van der Waals surface area contributed by atoms with E-state index in [0.717, 1.165) is 24.3 Å². The molecule has 0 radical (unpaired) electrons. The Balaban J connectivity index is 2.19. The van der Waals surface area contributed by atoms with Gasteiger partial charge in [0.1, 0.15) is 11.3 Å². The Morgan fingerprint density at radius 2 is 2.00 bits per heavy atom. The van der Waals surface area contributed by atoms with Gasteiger partial charge < -0.3 is 9.73 Å². The fourth-order valence-electron chi connectivity index (χ4n) is 2.02. The molecule has 0 fully saturated rings. The molecule has 0 aliphatic heterocycles. The molecule has 0 spiro atoms. The molecule has 1 aromatic carbocycles. The first-order chi connectivity index (χ1) is 7.68. The molecule has 86 valence electrons. The number of hydrogen-bond donors (Lipinski definition) is 1. The lowest BCUT2D eigenvalue weighted by Crippen LogP contribution is -2.25. The van der Waals surface area contributed by atoms with Crippen LogP contribution >= 0.6 is 0 Å². The quantitative estimate of drug-likeness (QED) is 0.850. The third-order valence-electron chi connectivity index (χ3n) is 2.83. The fourth-order valence-corrected chi connectivity index (χ4v) is 2.02. The standard InChI is InChI=1S/C14H19NO/c1-10(2)15-9-8-12-11(3)16-14-7-5-4-6-13(12)14/h4-7,10,15H,8-9H2,1-3H3. The van der Waals surface area contributed by atoms with Gasteiger partial charge in [0, 0.05) is 17.0 Å². The van der Waals surface area contributed by atoms with Crippen molar-refractivity contribution in [3.05, 3.63) is 35.6 Å². The van der Waals surface area contributed by atoms with E-state index in [1.54, 1.807) is 0 Å². The van der Waals surface area contributed by atoms with Crippen LogP contribution in [0.4, 0.5) is 0 Å². The van der Waals surface area contributed by atoms with E-state index in [9.17, 15) is 0 Å². The normalized spacial score (nSPS) is 11.5. The van der Waals surface area contributed by atoms with Gasteiger partial charge in [-0.05, 0) is 26.0 Å². The van der Waals surface area contributed by atoms with Gasteiger partial charge in [0.25, 0.3) is 0 Å². The highest BCUT2D eigenvalue weighted by Crippen LogP contribution is 2.25. The van der Waals surface area contributed by atoms with Crippen LogP contribution in [0.5, 0.6) is 0 Å². The maximum absolute atomic E-state index is 5.73. The van der Waals surface area contributed by atoms with Crippen molar-refractivity contribution in [3.63, 3.8) is 0 Å². The molecule has 2 aromatic rings. The second kappa shape index (κ2) is 4.71. The Morgan fingerprint density at radius 1 is 1.25 bits per heavy atom. The molecule has 16 heavy (non-hydrogen) atoms. The van der Waals surface area contributed by atoms with Crippen molar-refractivity contribution < 1.29 is 4.42 Å². The number of aryl methyl sites for hydroxylation is 1. The third-order valence-corrected chi connectivity index (χ3v) is 2.83. The minimum atomic E-state index is 0.540. The van der Waals surface area contributed by atoms with Crippen LogP contribution in [0.1, 0.15) is 25.2 Å². The van der Waals surface area contributed by atoms with E-state index in [1.807, 2.05) is 19.1 Å². The van der Waals surface area contributed by atoms with E-state index in [-0.39, 0.29) is 0 Å². The average Bonchev–Trinajstić information content (AvgIpc) is 2.55. The molecule has 2 nitrogen and oxygen atoms in total. The van der Waals surface area contributed by atoms with Gasteiger partial charge in [-0.2, -0.15) is 0 Å². The van der Waals surface area contributed by atoms with Gasteiger partial charge in [0.05, 0.1) is 0 Å². The number of benzene rings is 1. The Kier molecular flexibility index (Phi) is 3.30. The number of furan rings is 1. The van der Waals surface area contributed by atoms with Crippen LogP contribution in [-0.4, -0.2) is 12.6 Å². The second-order valence-corrected chi connectivity index (χ2v) is 4.49. The minimum Gasteiger partial charge on any atom is -0.461 e. The smallest absolute Gasteiger partial charge is 0.134 e. The summed E-state index contributed by atoms with van der Waals surface area (Å²) in [5.41, 5.74) is 2.34. The monoisotopic (exact) mass is 217 g/mol. The summed E-state index contributed by atoms with van der Waals surface area (Å²) < 4.78 is 5.73. The van der Waals surface area contributed by atoms with Crippen LogP contribution in [0.15, 0.2) is 28.7 Å². The van der Waals surface area contributed by atoms with Gasteiger partial charge in [-0.1, -0.05) is 32.0 Å². The maximum atomic E-state index is 5.73. The number of nitrogens with one attached hydrogen (secondary N) is 1. The van der Waals surface area contributed by atoms with E-state index in [1.165, 1.54) is 10.9 Å². The zero-order chi connectivity index (χ0) is 11.5. The van der Waals surface area contributed by atoms with Crippen LogP contribution in [0.2, 0.25) is 0 Å². The predicted molar refractivity (Wildman–Crippen MR) is 67.8 cm³/mol. The lowest BCUT2D eigenvalue weighted by Gasteiger charge is -2.07. The summed E-state index contributed by atoms with van der Waals surface area (Å²) in [4.78, 5) is 0. The van der Waals surface area contributed by atoms with Crippen molar-refractivity contribution in [2.75, 3.05) is 6.54 Å².